The lowest BCUT2D eigenvalue weighted by atomic mass is 10.2. The van der Waals surface area contributed by atoms with Gasteiger partial charge in [0.15, 0.2) is 0 Å². The van der Waals surface area contributed by atoms with Crippen molar-refractivity contribution in [1.82, 2.24) is 5.32 Å². The van der Waals surface area contributed by atoms with Gasteiger partial charge in [0.2, 0.25) is 0 Å². The van der Waals surface area contributed by atoms with Crippen LogP contribution in [0.15, 0.2) is 53.4 Å². The van der Waals surface area contributed by atoms with E-state index < -0.39 is 14.9 Å². The molecule has 0 aromatic heterocycles. The molecule has 2 N–H and O–H groups in total. The van der Waals surface area contributed by atoms with Crippen LogP contribution in [0.4, 0.5) is 11.4 Å². The number of amides is 1. The number of sulfonamides is 1. The molecular formula is C19H23N3O5S. The van der Waals surface area contributed by atoms with Crippen LogP contribution in [0.3, 0.4) is 0 Å². The van der Waals surface area contributed by atoms with Crippen molar-refractivity contribution in [3.05, 3.63) is 64.2 Å². The summed E-state index contributed by atoms with van der Waals surface area (Å²) in [4.78, 5) is 22.0. The number of nitro groups is 1. The first-order chi connectivity index (χ1) is 13.3. The molecule has 0 unspecified atom stereocenters. The predicted octanol–water partition coefficient (Wildman–Crippen LogP) is 3.71. The minimum atomic E-state index is -3.98. The lowest BCUT2D eigenvalue weighted by Crippen LogP contribution is -2.24. The molecule has 0 bridgehead atoms. The molecule has 0 fully saturated rings. The van der Waals surface area contributed by atoms with Crippen LogP contribution in [0.5, 0.6) is 0 Å². The highest BCUT2D eigenvalue weighted by atomic mass is 32.2. The van der Waals surface area contributed by atoms with Gasteiger partial charge in [0.1, 0.15) is 0 Å². The summed E-state index contributed by atoms with van der Waals surface area (Å²) < 4.78 is 27.2. The molecule has 0 aliphatic heterocycles. The van der Waals surface area contributed by atoms with Gasteiger partial charge < -0.3 is 5.32 Å². The first-order valence-electron chi connectivity index (χ1n) is 8.99. The zero-order chi connectivity index (χ0) is 20.6. The zero-order valence-corrected chi connectivity index (χ0v) is 16.4. The lowest BCUT2D eigenvalue weighted by Gasteiger charge is -2.09. The zero-order valence-electron chi connectivity index (χ0n) is 15.6. The van der Waals surface area contributed by atoms with E-state index >= 15 is 0 Å². The van der Waals surface area contributed by atoms with Gasteiger partial charge in [0.05, 0.1) is 9.82 Å². The van der Waals surface area contributed by atoms with Crippen LogP contribution in [0.1, 0.15) is 43.0 Å². The highest BCUT2D eigenvalue weighted by Gasteiger charge is 2.18. The highest BCUT2D eigenvalue weighted by Crippen LogP contribution is 2.20. The third-order valence-corrected chi connectivity index (χ3v) is 5.43. The molecule has 9 heteroatoms. The number of anilines is 1. The maximum absolute atomic E-state index is 12.4. The van der Waals surface area contributed by atoms with E-state index in [-0.39, 0.29) is 22.2 Å². The Hall–Kier alpha value is -2.94. The maximum Gasteiger partial charge on any atom is 0.270 e. The molecule has 0 aliphatic rings. The van der Waals surface area contributed by atoms with Crippen molar-refractivity contribution in [3.8, 4) is 0 Å². The summed E-state index contributed by atoms with van der Waals surface area (Å²) in [5.74, 6) is -0.218. The maximum atomic E-state index is 12.4. The van der Waals surface area contributed by atoms with Crippen LogP contribution >= 0.6 is 0 Å². The van der Waals surface area contributed by atoms with E-state index in [0.29, 0.717) is 12.1 Å². The molecule has 2 rings (SSSR count). The summed E-state index contributed by atoms with van der Waals surface area (Å²) >= 11 is 0. The molecule has 2 aromatic carbocycles. The van der Waals surface area contributed by atoms with Gasteiger partial charge in [-0.3, -0.25) is 19.6 Å². The number of non-ortho nitro benzene ring substituents is 1. The van der Waals surface area contributed by atoms with E-state index in [2.05, 4.69) is 17.0 Å². The standard InChI is InChI=1S/C19H23N3O5S/c1-2-3-4-5-13-20-19(23)15-9-11-16(12-10-15)21-28(26,27)18-8-6-7-17(14-18)22(24)25/h6-12,14,21H,2-5,13H2,1H3,(H,20,23). The van der Waals surface area contributed by atoms with E-state index in [9.17, 15) is 23.3 Å². The number of hydrogen-bond donors (Lipinski definition) is 2. The van der Waals surface area contributed by atoms with Crippen molar-refractivity contribution >= 4 is 27.3 Å². The Morgan fingerprint density at radius 1 is 1.07 bits per heavy atom. The van der Waals surface area contributed by atoms with E-state index in [1.54, 1.807) is 0 Å². The SMILES string of the molecule is CCCCCCNC(=O)c1ccc(NS(=O)(=O)c2cccc([N+](=O)[O-])c2)cc1. The Labute approximate surface area is 164 Å². The third kappa shape index (κ3) is 6.05. The molecule has 0 aliphatic carbocycles. The van der Waals surface area contributed by atoms with Gasteiger partial charge in [-0.2, -0.15) is 0 Å². The summed E-state index contributed by atoms with van der Waals surface area (Å²) in [5.41, 5.74) is 0.369. The molecular weight excluding hydrogens is 382 g/mol. The molecule has 0 atom stereocenters. The Morgan fingerprint density at radius 3 is 2.43 bits per heavy atom. The summed E-state index contributed by atoms with van der Waals surface area (Å²) in [6.45, 7) is 2.72. The quantitative estimate of drug-likeness (QED) is 0.355. The first kappa shape index (κ1) is 21.4. The second-order valence-electron chi connectivity index (χ2n) is 6.25. The topological polar surface area (TPSA) is 118 Å². The molecule has 0 spiro atoms. The average Bonchev–Trinajstić information content (AvgIpc) is 2.68. The molecule has 2 aromatic rings. The molecule has 1 amide bonds. The third-order valence-electron chi connectivity index (χ3n) is 4.05. The van der Waals surface area contributed by atoms with E-state index in [1.807, 2.05) is 0 Å². The summed E-state index contributed by atoms with van der Waals surface area (Å²) in [6.07, 6.45) is 4.24. The molecule has 0 saturated heterocycles. The Morgan fingerprint density at radius 2 is 1.79 bits per heavy atom. The van der Waals surface area contributed by atoms with Gasteiger partial charge >= 0.3 is 0 Å². The summed E-state index contributed by atoms with van der Waals surface area (Å²) in [6, 6.07) is 10.8. The molecule has 28 heavy (non-hydrogen) atoms. The predicted molar refractivity (Wildman–Crippen MR) is 107 cm³/mol. The van der Waals surface area contributed by atoms with Gasteiger partial charge in [0, 0.05) is 29.9 Å². The van der Waals surface area contributed by atoms with Crippen LogP contribution in [-0.2, 0) is 10.0 Å². The summed E-state index contributed by atoms with van der Waals surface area (Å²) in [7, 11) is -3.98. The van der Waals surface area contributed by atoms with Crippen LogP contribution in [-0.4, -0.2) is 25.8 Å². The smallest absolute Gasteiger partial charge is 0.270 e. The monoisotopic (exact) mass is 405 g/mol. The molecule has 0 radical (unpaired) electrons. The lowest BCUT2D eigenvalue weighted by molar-refractivity contribution is -0.385. The number of benzene rings is 2. The van der Waals surface area contributed by atoms with Crippen LogP contribution in [0.2, 0.25) is 0 Å². The second-order valence-corrected chi connectivity index (χ2v) is 7.94. The number of rotatable bonds is 10. The first-order valence-corrected chi connectivity index (χ1v) is 10.5. The van der Waals surface area contributed by atoms with Crippen molar-refractivity contribution in [2.24, 2.45) is 0 Å². The second kappa shape index (κ2) is 9.84. The Bertz CT molecular complexity index is 927. The van der Waals surface area contributed by atoms with Gasteiger partial charge in [-0.1, -0.05) is 32.3 Å². The van der Waals surface area contributed by atoms with Crippen LogP contribution in [0, 0.1) is 10.1 Å². The number of nitrogens with zero attached hydrogens (tertiary/aromatic N) is 1. The van der Waals surface area contributed by atoms with Crippen LogP contribution in [0.25, 0.3) is 0 Å². The fraction of sp³-hybridized carbons (Fsp3) is 0.316. The van der Waals surface area contributed by atoms with Crippen molar-refractivity contribution < 1.29 is 18.1 Å². The molecule has 0 heterocycles. The largest absolute Gasteiger partial charge is 0.352 e. The minimum absolute atomic E-state index is 0.212. The van der Waals surface area contributed by atoms with Crippen molar-refractivity contribution in [2.75, 3.05) is 11.3 Å². The molecule has 0 saturated carbocycles. The normalized spacial score (nSPS) is 11.0. The average molecular weight is 405 g/mol. The fourth-order valence-electron chi connectivity index (χ4n) is 2.52. The highest BCUT2D eigenvalue weighted by molar-refractivity contribution is 7.92. The van der Waals surface area contributed by atoms with Gasteiger partial charge in [-0.25, -0.2) is 8.42 Å². The Balaban J connectivity index is 2.00. The van der Waals surface area contributed by atoms with Crippen molar-refractivity contribution in [3.63, 3.8) is 0 Å². The number of carbonyl (C=O) groups is 1. The Kier molecular flexibility index (Phi) is 7.51. The number of carbonyl (C=O) groups excluding carboxylic acids is 1. The number of unbranched alkanes of at least 4 members (excludes halogenated alkanes) is 3. The fourth-order valence-corrected chi connectivity index (χ4v) is 3.62. The van der Waals surface area contributed by atoms with Crippen molar-refractivity contribution in [1.29, 1.82) is 0 Å². The van der Waals surface area contributed by atoms with E-state index in [1.165, 1.54) is 42.5 Å². The van der Waals surface area contributed by atoms with Gasteiger partial charge in [0.25, 0.3) is 21.6 Å². The number of nitrogens with one attached hydrogen (secondary N) is 2. The number of hydrogen-bond acceptors (Lipinski definition) is 5. The van der Waals surface area contributed by atoms with Crippen LogP contribution < -0.4 is 10.0 Å². The van der Waals surface area contributed by atoms with E-state index in [0.717, 1.165) is 31.7 Å². The van der Waals surface area contributed by atoms with E-state index in [4.69, 9.17) is 0 Å². The summed E-state index contributed by atoms with van der Waals surface area (Å²) in [5, 5.41) is 13.6. The van der Waals surface area contributed by atoms with Gasteiger partial charge in [-0.15, -0.1) is 0 Å². The minimum Gasteiger partial charge on any atom is -0.352 e. The van der Waals surface area contributed by atoms with Crippen molar-refractivity contribution in [2.45, 2.75) is 37.5 Å². The molecule has 150 valence electrons. The number of nitro benzene ring substituents is 1. The molecule has 8 nitrogen and oxygen atoms in total. The van der Waals surface area contributed by atoms with Gasteiger partial charge in [-0.05, 0) is 36.8 Å².